The van der Waals surface area contributed by atoms with Crippen LogP contribution >= 0.6 is 11.3 Å². The first-order valence-electron chi connectivity index (χ1n) is 5.09. The lowest BCUT2D eigenvalue weighted by Crippen LogP contribution is -2.24. The molecule has 2 aromatic heterocycles. The summed E-state index contributed by atoms with van der Waals surface area (Å²) in [7, 11) is 0. The monoisotopic (exact) mass is 236 g/mol. The minimum atomic E-state index is -0.129. The smallest absolute Gasteiger partial charge is 0.270 e. The van der Waals surface area contributed by atoms with Crippen LogP contribution in [0, 0.1) is 0 Å². The molecule has 84 valence electrons. The van der Waals surface area contributed by atoms with Gasteiger partial charge in [-0.25, -0.2) is 4.98 Å². The standard InChI is InChI=1S/C11H12N2O2S/c1-2-5-12-10(14)8-7-16-11(13-8)9-4-3-6-15-9/h3-4,6-7H,2,5H2,1H3,(H,12,14). The van der Waals surface area contributed by atoms with Gasteiger partial charge in [-0.1, -0.05) is 6.92 Å². The van der Waals surface area contributed by atoms with Crippen LogP contribution in [0.15, 0.2) is 28.2 Å². The Balaban J connectivity index is 2.11. The van der Waals surface area contributed by atoms with Gasteiger partial charge in [-0.2, -0.15) is 0 Å². The fourth-order valence-corrected chi connectivity index (χ4v) is 1.99. The Labute approximate surface area is 97.3 Å². The van der Waals surface area contributed by atoms with Gasteiger partial charge in [0.2, 0.25) is 0 Å². The molecule has 0 saturated heterocycles. The predicted molar refractivity (Wildman–Crippen MR) is 62.4 cm³/mol. The summed E-state index contributed by atoms with van der Waals surface area (Å²) in [6.07, 6.45) is 2.51. The van der Waals surface area contributed by atoms with E-state index >= 15 is 0 Å². The van der Waals surface area contributed by atoms with Crippen LogP contribution in [-0.4, -0.2) is 17.4 Å². The van der Waals surface area contributed by atoms with Gasteiger partial charge in [0.15, 0.2) is 10.8 Å². The molecular formula is C11H12N2O2S. The summed E-state index contributed by atoms with van der Waals surface area (Å²) < 4.78 is 5.21. The van der Waals surface area contributed by atoms with E-state index in [1.807, 2.05) is 13.0 Å². The van der Waals surface area contributed by atoms with Crippen molar-refractivity contribution in [1.29, 1.82) is 0 Å². The van der Waals surface area contributed by atoms with Crippen molar-refractivity contribution in [2.75, 3.05) is 6.54 Å². The lowest BCUT2D eigenvalue weighted by atomic mass is 10.4. The van der Waals surface area contributed by atoms with E-state index in [2.05, 4.69) is 10.3 Å². The Morgan fingerprint density at radius 2 is 2.50 bits per heavy atom. The highest BCUT2D eigenvalue weighted by atomic mass is 32.1. The van der Waals surface area contributed by atoms with Crippen molar-refractivity contribution in [2.45, 2.75) is 13.3 Å². The van der Waals surface area contributed by atoms with E-state index in [9.17, 15) is 4.79 Å². The zero-order chi connectivity index (χ0) is 11.4. The lowest BCUT2D eigenvalue weighted by molar-refractivity contribution is 0.0949. The minimum Gasteiger partial charge on any atom is -0.462 e. The Morgan fingerprint density at radius 1 is 1.62 bits per heavy atom. The van der Waals surface area contributed by atoms with Gasteiger partial charge in [0, 0.05) is 11.9 Å². The second-order valence-corrected chi connectivity index (χ2v) is 4.13. The van der Waals surface area contributed by atoms with Gasteiger partial charge in [-0.15, -0.1) is 11.3 Å². The molecule has 0 radical (unpaired) electrons. The number of hydrogen-bond donors (Lipinski definition) is 1. The fraction of sp³-hybridized carbons (Fsp3) is 0.273. The van der Waals surface area contributed by atoms with E-state index < -0.39 is 0 Å². The molecule has 1 N–H and O–H groups in total. The average Bonchev–Trinajstić information content (AvgIpc) is 2.94. The second-order valence-electron chi connectivity index (χ2n) is 3.27. The summed E-state index contributed by atoms with van der Waals surface area (Å²) in [5.41, 5.74) is 0.449. The topological polar surface area (TPSA) is 55.1 Å². The van der Waals surface area contributed by atoms with Crippen LogP contribution in [0.3, 0.4) is 0 Å². The number of thiazole rings is 1. The quantitative estimate of drug-likeness (QED) is 0.887. The van der Waals surface area contributed by atoms with E-state index in [-0.39, 0.29) is 5.91 Å². The highest BCUT2D eigenvalue weighted by Gasteiger charge is 2.12. The Morgan fingerprint density at radius 3 is 3.19 bits per heavy atom. The number of rotatable bonds is 4. The lowest BCUT2D eigenvalue weighted by Gasteiger charge is -1.98. The zero-order valence-corrected chi connectivity index (χ0v) is 9.71. The van der Waals surface area contributed by atoms with Gasteiger partial charge in [0.05, 0.1) is 6.26 Å². The Kier molecular flexibility index (Phi) is 3.36. The maximum absolute atomic E-state index is 11.6. The van der Waals surface area contributed by atoms with Crippen LogP contribution in [0.2, 0.25) is 0 Å². The van der Waals surface area contributed by atoms with Gasteiger partial charge >= 0.3 is 0 Å². The van der Waals surface area contributed by atoms with E-state index in [1.54, 1.807) is 17.7 Å². The highest BCUT2D eigenvalue weighted by Crippen LogP contribution is 2.23. The molecule has 2 aromatic rings. The first-order chi connectivity index (χ1) is 7.81. The SMILES string of the molecule is CCCNC(=O)c1csc(-c2ccco2)n1. The summed E-state index contributed by atoms with van der Waals surface area (Å²) in [6.45, 7) is 2.68. The molecule has 0 saturated carbocycles. The van der Waals surface area contributed by atoms with Crippen molar-refractivity contribution >= 4 is 17.2 Å². The van der Waals surface area contributed by atoms with E-state index in [4.69, 9.17) is 4.42 Å². The number of carbonyl (C=O) groups is 1. The number of aromatic nitrogens is 1. The second kappa shape index (κ2) is 4.94. The summed E-state index contributed by atoms with van der Waals surface area (Å²) in [5.74, 6) is 0.565. The number of furan rings is 1. The van der Waals surface area contributed by atoms with Gasteiger partial charge in [-0.05, 0) is 18.6 Å². The molecule has 1 amide bonds. The Bertz CT molecular complexity index is 462. The summed E-state index contributed by atoms with van der Waals surface area (Å²) in [5, 5.41) is 5.25. The maximum Gasteiger partial charge on any atom is 0.270 e. The number of nitrogens with one attached hydrogen (secondary N) is 1. The van der Waals surface area contributed by atoms with E-state index in [0.29, 0.717) is 18.0 Å². The van der Waals surface area contributed by atoms with Crippen LogP contribution in [0.4, 0.5) is 0 Å². The first kappa shape index (κ1) is 10.9. The van der Waals surface area contributed by atoms with Crippen molar-refractivity contribution < 1.29 is 9.21 Å². The van der Waals surface area contributed by atoms with Crippen molar-refractivity contribution in [3.8, 4) is 10.8 Å². The number of carbonyl (C=O) groups excluding carboxylic acids is 1. The number of hydrogen-bond acceptors (Lipinski definition) is 4. The number of nitrogens with zero attached hydrogens (tertiary/aromatic N) is 1. The number of amides is 1. The molecule has 2 rings (SSSR count). The summed E-state index contributed by atoms with van der Waals surface area (Å²) in [6, 6.07) is 3.63. The van der Waals surface area contributed by atoms with E-state index in [0.717, 1.165) is 11.4 Å². The third kappa shape index (κ3) is 2.30. The van der Waals surface area contributed by atoms with E-state index in [1.165, 1.54) is 11.3 Å². The van der Waals surface area contributed by atoms with Crippen molar-refractivity contribution in [2.24, 2.45) is 0 Å². The highest BCUT2D eigenvalue weighted by molar-refractivity contribution is 7.13. The molecule has 4 nitrogen and oxygen atoms in total. The average molecular weight is 236 g/mol. The molecule has 0 bridgehead atoms. The Hall–Kier alpha value is -1.62. The van der Waals surface area contributed by atoms with Gasteiger partial charge in [0.1, 0.15) is 5.69 Å². The third-order valence-corrected chi connectivity index (χ3v) is 2.86. The molecule has 16 heavy (non-hydrogen) atoms. The largest absolute Gasteiger partial charge is 0.462 e. The fourth-order valence-electron chi connectivity index (χ4n) is 1.22. The summed E-state index contributed by atoms with van der Waals surface area (Å²) >= 11 is 1.40. The molecule has 0 aliphatic rings. The molecule has 0 aliphatic carbocycles. The van der Waals surface area contributed by atoms with Crippen molar-refractivity contribution in [3.05, 3.63) is 29.5 Å². The molecule has 0 spiro atoms. The van der Waals surface area contributed by atoms with Crippen LogP contribution in [0.1, 0.15) is 23.8 Å². The van der Waals surface area contributed by atoms with Crippen molar-refractivity contribution in [3.63, 3.8) is 0 Å². The molecule has 2 heterocycles. The van der Waals surface area contributed by atoms with Gasteiger partial charge in [0.25, 0.3) is 5.91 Å². The zero-order valence-electron chi connectivity index (χ0n) is 8.90. The molecule has 5 heteroatoms. The predicted octanol–water partition coefficient (Wildman–Crippen LogP) is 2.54. The molecule has 0 fully saturated rings. The molecule has 0 aromatic carbocycles. The van der Waals surface area contributed by atoms with Gasteiger partial charge < -0.3 is 9.73 Å². The van der Waals surface area contributed by atoms with Crippen LogP contribution in [0.25, 0.3) is 10.8 Å². The summed E-state index contributed by atoms with van der Waals surface area (Å²) in [4.78, 5) is 15.8. The van der Waals surface area contributed by atoms with Crippen LogP contribution < -0.4 is 5.32 Å². The van der Waals surface area contributed by atoms with Gasteiger partial charge in [-0.3, -0.25) is 4.79 Å². The molecule has 0 atom stereocenters. The van der Waals surface area contributed by atoms with Crippen LogP contribution in [0.5, 0.6) is 0 Å². The van der Waals surface area contributed by atoms with Crippen LogP contribution in [-0.2, 0) is 0 Å². The molecular weight excluding hydrogens is 224 g/mol. The molecule has 0 unspecified atom stereocenters. The molecule has 0 aliphatic heterocycles. The minimum absolute atomic E-state index is 0.129. The normalized spacial score (nSPS) is 10.3. The maximum atomic E-state index is 11.6. The van der Waals surface area contributed by atoms with Crippen molar-refractivity contribution in [1.82, 2.24) is 10.3 Å². The first-order valence-corrected chi connectivity index (χ1v) is 5.97. The third-order valence-electron chi connectivity index (χ3n) is 2.00.